The Bertz CT molecular complexity index is 401. The highest BCUT2D eigenvalue weighted by atomic mass is 127. The maximum absolute atomic E-state index is 6.23. The first-order valence-corrected chi connectivity index (χ1v) is 8.39. The van der Waals surface area contributed by atoms with Gasteiger partial charge in [0.2, 0.25) is 0 Å². The predicted molar refractivity (Wildman–Crippen MR) is 84.2 cm³/mol. The standard InChI is InChI=1S/C14H20ClIN2/c1-2-11-12(16)13(15)18-14(17-11)10-8-6-4-3-5-7-9-10/h10H,2-9H2,1H3. The Morgan fingerprint density at radius 2 is 1.72 bits per heavy atom. The molecule has 0 radical (unpaired) electrons. The smallest absolute Gasteiger partial charge is 0.146 e. The summed E-state index contributed by atoms with van der Waals surface area (Å²) in [6.45, 7) is 2.13. The number of halogens is 2. The van der Waals surface area contributed by atoms with E-state index in [0.717, 1.165) is 21.5 Å². The third-order valence-corrected chi connectivity index (χ3v) is 5.43. The zero-order chi connectivity index (χ0) is 13.0. The highest BCUT2D eigenvalue weighted by molar-refractivity contribution is 14.1. The summed E-state index contributed by atoms with van der Waals surface area (Å²) in [4.78, 5) is 9.27. The van der Waals surface area contributed by atoms with Crippen LogP contribution in [0.25, 0.3) is 0 Å². The van der Waals surface area contributed by atoms with Crippen LogP contribution in [0.1, 0.15) is 69.3 Å². The largest absolute Gasteiger partial charge is 0.236 e. The first-order valence-electron chi connectivity index (χ1n) is 6.94. The van der Waals surface area contributed by atoms with Crippen LogP contribution in [0.15, 0.2) is 0 Å². The lowest BCUT2D eigenvalue weighted by molar-refractivity contribution is 0.441. The van der Waals surface area contributed by atoms with Crippen molar-refractivity contribution in [1.82, 2.24) is 9.97 Å². The number of nitrogens with zero attached hydrogens (tertiary/aromatic N) is 2. The molecule has 0 amide bonds. The van der Waals surface area contributed by atoms with Crippen molar-refractivity contribution < 1.29 is 0 Å². The molecule has 0 N–H and O–H groups in total. The van der Waals surface area contributed by atoms with Crippen molar-refractivity contribution in [3.05, 3.63) is 20.2 Å². The Morgan fingerprint density at radius 1 is 1.11 bits per heavy atom. The number of hydrogen-bond acceptors (Lipinski definition) is 2. The van der Waals surface area contributed by atoms with Gasteiger partial charge in [-0.05, 0) is 41.9 Å². The zero-order valence-electron chi connectivity index (χ0n) is 10.9. The molecule has 0 saturated heterocycles. The van der Waals surface area contributed by atoms with E-state index in [0.29, 0.717) is 11.1 Å². The van der Waals surface area contributed by atoms with Crippen molar-refractivity contribution in [3.8, 4) is 0 Å². The summed E-state index contributed by atoms with van der Waals surface area (Å²) in [6.07, 6.45) is 10.1. The van der Waals surface area contributed by atoms with E-state index in [1.54, 1.807) is 0 Å². The molecule has 1 fully saturated rings. The predicted octanol–water partition coefficient (Wildman–Crippen LogP) is 5.12. The third kappa shape index (κ3) is 3.56. The molecule has 2 nitrogen and oxygen atoms in total. The van der Waals surface area contributed by atoms with Crippen LogP contribution in [0.2, 0.25) is 5.15 Å². The molecule has 18 heavy (non-hydrogen) atoms. The lowest BCUT2D eigenvalue weighted by Gasteiger charge is -2.19. The van der Waals surface area contributed by atoms with Crippen molar-refractivity contribution in [2.75, 3.05) is 0 Å². The van der Waals surface area contributed by atoms with Gasteiger partial charge in [-0.2, -0.15) is 0 Å². The van der Waals surface area contributed by atoms with Gasteiger partial charge >= 0.3 is 0 Å². The van der Waals surface area contributed by atoms with Gasteiger partial charge in [0, 0.05) is 5.92 Å². The van der Waals surface area contributed by atoms with E-state index in [2.05, 4.69) is 34.5 Å². The van der Waals surface area contributed by atoms with E-state index < -0.39 is 0 Å². The zero-order valence-corrected chi connectivity index (χ0v) is 13.8. The van der Waals surface area contributed by atoms with Crippen molar-refractivity contribution in [1.29, 1.82) is 0 Å². The molecule has 1 saturated carbocycles. The van der Waals surface area contributed by atoms with Crippen LogP contribution in [-0.2, 0) is 6.42 Å². The van der Waals surface area contributed by atoms with Gasteiger partial charge in [-0.15, -0.1) is 0 Å². The number of hydrogen-bond donors (Lipinski definition) is 0. The molecule has 1 aromatic heterocycles. The first kappa shape index (κ1) is 14.5. The van der Waals surface area contributed by atoms with E-state index in [9.17, 15) is 0 Å². The second-order valence-electron chi connectivity index (χ2n) is 5.03. The van der Waals surface area contributed by atoms with E-state index in [1.807, 2.05) is 0 Å². The van der Waals surface area contributed by atoms with Crippen molar-refractivity contribution in [2.24, 2.45) is 0 Å². The van der Waals surface area contributed by atoms with E-state index in [1.165, 1.54) is 44.9 Å². The average molecular weight is 379 g/mol. The van der Waals surface area contributed by atoms with Gasteiger partial charge in [-0.25, -0.2) is 9.97 Å². The lowest BCUT2D eigenvalue weighted by atomic mass is 9.90. The molecule has 1 aliphatic carbocycles. The fourth-order valence-corrected chi connectivity index (χ4v) is 3.43. The fraction of sp³-hybridized carbons (Fsp3) is 0.714. The number of rotatable bonds is 2. The molecule has 1 heterocycles. The molecular weight excluding hydrogens is 359 g/mol. The molecule has 0 bridgehead atoms. The van der Waals surface area contributed by atoms with Crippen molar-refractivity contribution >= 4 is 34.2 Å². The molecule has 1 aliphatic rings. The van der Waals surface area contributed by atoms with Crippen LogP contribution in [0.4, 0.5) is 0 Å². The number of aromatic nitrogens is 2. The van der Waals surface area contributed by atoms with Crippen molar-refractivity contribution in [2.45, 2.75) is 64.2 Å². The maximum atomic E-state index is 6.23. The first-order chi connectivity index (χ1) is 8.72. The van der Waals surface area contributed by atoms with Crippen molar-refractivity contribution in [3.63, 3.8) is 0 Å². The van der Waals surface area contributed by atoms with Crippen LogP contribution in [0.5, 0.6) is 0 Å². The van der Waals surface area contributed by atoms with Gasteiger partial charge in [0.05, 0.1) is 9.26 Å². The van der Waals surface area contributed by atoms with Gasteiger partial charge in [0.25, 0.3) is 0 Å². The molecule has 0 aliphatic heterocycles. The molecule has 2 rings (SSSR count). The Hall–Kier alpha value is 0.100. The highest BCUT2D eigenvalue weighted by Gasteiger charge is 2.19. The minimum Gasteiger partial charge on any atom is -0.236 e. The topological polar surface area (TPSA) is 25.8 Å². The van der Waals surface area contributed by atoms with Gasteiger partial charge in [-0.1, -0.05) is 50.6 Å². The van der Waals surface area contributed by atoms with Crippen LogP contribution in [-0.4, -0.2) is 9.97 Å². The molecule has 1 aromatic rings. The molecule has 0 spiro atoms. The Morgan fingerprint density at radius 3 is 2.33 bits per heavy atom. The van der Waals surface area contributed by atoms with Gasteiger partial charge < -0.3 is 0 Å². The Balaban J connectivity index is 2.22. The summed E-state index contributed by atoms with van der Waals surface area (Å²) < 4.78 is 1.02. The monoisotopic (exact) mass is 378 g/mol. The van der Waals surface area contributed by atoms with E-state index >= 15 is 0 Å². The van der Waals surface area contributed by atoms with Crippen LogP contribution in [0, 0.1) is 3.57 Å². The molecular formula is C14H20ClIN2. The average Bonchev–Trinajstić information content (AvgIpc) is 2.32. The van der Waals surface area contributed by atoms with Crippen LogP contribution in [0.3, 0.4) is 0 Å². The van der Waals surface area contributed by atoms with E-state index in [-0.39, 0.29) is 0 Å². The molecule has 0 atom stereocenters. The normalized spacial score (nSPS) is 18.4. The quantitative estimate of drug-likeness (QED) is 0.527. The van der Waals surface area contributed by atoms with Gasteiger partial charge in [-0.3, -0.25) is 0 Å². The Labute approximate surface area is 128 Å². The van der Waals surface area contributed by atoms with Crippen LogP contribution >= 0.6 is 34.2 Å². The third-order valence-electron chi connectivity index (χ3n) is 3.70. The summed E-state index contributed by atoms with van der Waals surface area (Å²) in [7, 11) is 0. The molecule has 100 valence electrons. The fourth-order valence-electron chi connectivity index (χ4n) is 2.61. The van der Waals surface area contributed by atoms with Gasteiger partial charge in [0.1, 0.15) is 11.0 Å². The molecule has 4 heteroatoms. The number of aryl methyl sites for hydroxylation is 1. The minimum absolute atomic E-state index is 0.519. The minimum atomic E-state index is 0.519. The Kier molecular flexibility index (Phi) is 5.67. The summed E-state index contributed by atoms with van der Waals surface area (Å²) in [6, 6.07) is 0. The summed E-state index contributed by atoms with van der Waals surface area (Å²) >= 11 is 8.48. The molecule has 0 unspecified atom stereocenters. The second kappa shape index (κ2) is 7.04. The van der Waals surface area contributed by atoms with Gasteiger partial charge in [0.15, 0.2) is 0 Å². The summed E-state index contributed by atoms with van der Waals surface area (Å²) in [5.41, 5.74) is 1.10. The highest BCUT2D eigenvalue weighted by Crippen LogP contribution is 2.31. The lowest BCUT2D eigenvalue weighted by Crippen LogP contribution is -2.10. The van der Waals surface area contributed by atoms with E-state index in [4.69, 9.17) is 16.6 Å². The van der Waals surface area contributed by atoms with Crippen LogP contribution < -0.4 is 0 Å². The maximum Gasteiger partial charge on any atom is 0.146 e. The molecule has 0 aromatic carbocycles. The summed E-state index contributed by atoms with van der Waals surface area (Å²) in [5.74, 6) is 1.50. The summed E-state index contributed by atoms with van der Waals surface area (Å²) in [5, 5.41) is 0.638. The second-order valence-corrected chi connectivity index (χ2v) is 6.47. The SMILES string of the molecule is CCc1nc(C2CCCCCCC2)nc(Cl)c1I.